The number of carbonyl (C=O) groups excluding carboxylic acids is 1. The van der Waals surface area contributed by atoms with Gasteiger partial charge in [-0.15, -0.1) is 0 Å². The van der Waals surface area contributed by atoms with Crippen LogP contribution >= 0.6 is 0 Å². The van der Waals surface area contributed by atoms with Gasteiger partial charge in [-0.3, -0.25) is 19.7 Å². The predicted molar refractivity (Wildman–Crippen MR) is 68.4 cm³/mol. The Labute approximate surface area is 113 Å². The van der Waals surface area contributed by atoms with Gasteiger partial charge in [0.05, 0.1) is 11.3 Å². The van der Waals surface area contributed by atoms with Gasteiger partial charge in [0.15, 0.2) is 0 Å². The fourth-order valence-electron chi connectivity index (χ4n) is 1.41. The Hall–Kier alpha value is -2.46. The van der Waals surface area contributed by atoms with Crippen molar-refractivity contribution in [1.29, 1.82) is 0 Å². The number of carboxylic acid groups (broad SMARTS) is 1. The number of carboxylic acids is 1. The third-order valence-corrected chi connectivity index (χ3v) is 2.30. The maximum absolute atomic E-state index is 11.4. The maximum Gasteiger partial charge on any atom is 0.488 e. The van der Waals surface area contributed by atoms with E-state index < -0.39 is 29.6 Å². The zero-order valence-electron chi connectivity index (χ0n) is 10.1. The average molecular weight is 282 g/mol. The molecule has 4 N–H and O–H groups in total. The third kappa shape index (κ3) is 4.67. The summed E-state index contributed by atoms with van der Waals surface area (Å²) in [5.41, 5.74) is -0.602. The Balaban J connectivity index is 2.91. The monoisotopic (exact) mass is 282 g/mol. The summed E-state index contributed by atoms with van der Waals surface area (Å²) in [6, 6.07) is 3.14. The van der Waals surface area contributed by atoms with Crippen molar-refractivity contribution < 1.29 is 29.7 Å². The second kappa shape index (κ2) is 6.64. The van der Waals surface area contributed by atoms with Crippen molar-refractivity contribution in [3.8, 4) is 0 Å². The summed E-state index contributed by atoms with van der Waals surface area (Å²) >= 11 is 0. The second-order valence-electron chi connectivity index (χ2n) is 3.89. The molecule has 9 nitrogen and oxygen atoms in total. The highest BCUT2D eigenvalue weighted by molar-refractivity contribution is 6.58. The van der Waals surface area contributed by atoms with E-state index in [1.54, 1.807) is 0 Å². The first-order valence-corrected chi connectivity index (χ1v) is 5.46. The molecule has 0 spiro atoms. The normalized spacial score (nSPS) is 9.90. The van der Waals surface area contributed by atoms with Gasteiger partial charge < -0.3 is 20.5 Å². The van der Waals surface area contributed by atoms with Gasteiger partial charge in [0.25, 0.3) is 5.69 Å². The number of aliphatic carboxylic acids is 1. The van der Waals surface area contributed by atoms with Crippen molar-refractivity contribution in [2.75, 3.05) is 5.32 Å². The van der Waals surface area contributed by atoms with E-state index >= 15 is 0 Å². The molecule has 1 aromatic rings. The van der Waals surface area contributed by atoms with Gasteiger partial charge in [-0.2, -0.15) is 0 Å². The smallest absolute Gasteiger partial charge is 0.481 e. The molecule has 0 saturated heterocycles. The Bertz CT molecular complexity index is 546. The summed E-state index contributed by atoms with van der Waals surface area (Å²) in [4.78, 5) is 31.6. The number of amides is 1. The lowest BCUT2D eigenvalue weighted by molar-refractivity contribution is -0.384. The van der Waals surface area contributed by atoms with Gasteiger partial charge in [-0.05, 0) is 11.5 Å². The molecule has 0 aliphatic carbocycles. The van der Waals surface area contributed by atoms with Crippen LogP contribution in [0.4, 0.5) is 11.4 Å². The van der Waals surface area contributed by atoms with Crippen LogP contribution in [0.1, 0.15) is 12.8 Å². The highest BCUT2D eigenvalue weighted by Crippen LogP contribution is 2.16. The molecular formula is C10H11BN2O7. The number of anilines is 1. The number of nitro groups is 1. The predicted octanol–water partition coefficient (Wildman–Crippen LogP) is -0.922. The quantitative estimate of drug-likeness (QED) is 0.299. The summed E-state index contributed by atoms with van der Waals surface area (Å²) < 4.78 is 0. The minimum absolute atomic E-state index is 0.0160. The molecule has 0 aromatic heterocycles. The number of carbonyl (C=O) groups is 2. The van der Waals surface area contributed by atoms with Crippen molar-refractivity contribution in [3.05, 3.63) is 28.3 Å². The zero-order chi connectivity index (χ0) is 15.3. The SMILES string of the molecule is O=C(O)CCC(=O)Nc1cc(B(O)O)cc([N+](=O)[O-])c1. The molecule has 0 bridgehead atoms. The standard InChI is InChI=1S/C10H11BN2O7/c14-9(1-2-10(15)16)12-7-3-6(11(17)18)4-8(5-7)13(19)20/h3-5,17-18H,1-2H2,(H,12,14)(H,15,16). The van der Waals surface area contributed by atoms with E-state index in [1.165, 1.54) is 0 Å². The number of benzene rings is 1. The van der Waals surface area contributed by atoms with E-state index in [9.17, 15) is 19.7 Å². The molecular weight excluding hydrogens is 271 g/mol. The van der Waals surface area contributed by atoms with Crippen LogP contribution in [-0.2, 0) is 9.59 Å². The molecule has 0 saturated carbocycles. The lowest BCUT2D eigenvalue weighted by Crippen LogP contribution is -2.30. The van der Waals surface area contributed by atoms with Crippen LogP contribution in [0.3, 0.4) is 0 Å². The molecule has 0 radical (unpaired) electrons. The van der Waals surface area contributed by atoms with Crippen LogP contribution in [-0.4, -0.2) is 39.1 Å². The molecule has 1 rings (SSSR count). The van der Waals surface area contributed by atoms with Gasteiger partial charge in [-0.25, -0.2) is 0 Å². The molecule has 1 amide bonds. The summed E-state index contributed by atoms with van der Waals surface area (Å²) in [6.07, 6.45) is -0.675. The molecule has 10 heteroatoms. The fourth-order valence-corrected chi connectivity index (χ4v) is 1.41. The van der Waals surface area contributed by atoms with Crippen LogP contribution in [0.2, 0.25) is 0 Å². The van der Waals surface area contributed by atoms with E-state index in [-0.39, 0.29) is 24.0 Å². The van der Waals surface area contributed by atoms with E-state index in [2.05, 4.69) is 5.32 Å². The number of nitro benzene ring substituents is 1. The molecule has 1 aromatic carbocycles. The lowest BCUT2D eigenvalue weighted by Gasteiger charge is -2.07. The van der Waals surface area contributed by atoms with Crippen LogP contribution in [0, 0.1) is 10.1 Å². The minimum Gasteiger partial charge on any atom is -0.481 e. The van der Waals surface area contributed by atoms with Crippen molar-refractivity contribution in [2.24, 2.45) is 0 Å². The number of rotatable bonds is 6. The molecule has 20 heavy (non-hydrogen) atoms. The summed E-state index contributed by atoms with van der Waals surface area (Å²) in [7, 11) is -1.93. The molecule has 0 aliphatic heterocycles. The average Bonchev–Trinajstić information content (AvgIpc) is 2.35. The minimum atomic E-state index is -1.93. The van der Waals surface area contributed by atoms with E-state index in [0.717, 1.165) is 18.2 Å². The van der Waals surface area contributed by atoms with Gasteiger partial charge in [0.1, 0.15) is 0 Å². The number of hydrogen-bond donors (Lipinski definition) is 4. The summed E-state index contributed by atoms with van der Waals surface area (Å²) in [5.74, 6) is -1.79. The van der Waals surface area contributed by atoms with Gasteiger partial charge in [0.2, 0.25) is 5.91 Å². The van der Waals surface area contributed by atoms with Crippen LogP contribution < -0.4 is 10.8 Å². The zero-order valence-corrected chi connectivity index (χ0v) is 10.1. The molecule has 0 unspecified atom stereocenters. The van der Waals surface area contributed by atoms with Gasteiger partial charge in [0, 0.05) is 24.2 Å². The van der Waals surface area contributed by atoms with Gasteiger partial charge in [-0.1, -0.05) is 0 Å². The number of non-ortho nitro benzene ring substituents is 1. The first kappa shape index (κ1) is 15.6. The van der Waals surface area contributed by atoms with Crippen molar-refractivity contribution >= 4 is 35.8 Å². The van der Waals surface area contributed by atoms with Crippen molar-refractivity contribution in [2.45, 2.75) is 12.8 Å². The lowest BCUT2D eigenvalue weighted by atomic mass is 9.80. The molecule has 0 aliphatic rings. The van der Waals surface area contributed by atoms with Gasteiger partial charge >= 0.3 is 13.1 Å². The number of nitrogens with zero attached hydrogens (tertiary/aromatic N) is 1. The molecule has 0 atom stereocenters. The van der Waals surface area contributed by atoms with E-state index in [4.69, 9.17) is 15.2 Å². The number of nitrogens with one attached hydrogen (secondary N) is 1. The maximum atomic E-state index is 11.4. The van der Waals surface area contributed by atoms with E-state index in [1.807, 2.05) is 0 Å². The summed E-state index contributed by atoms with van der Waals surface area (Å²) in [5, 5.41) is 39.4. The van der Waals surface area contributed by atoms with Crippen LogP contribution in [0.15, 0.2) is 18.2 Å². The Kier molecular flexibility index (Phi) is 5.18. The molecule has 0 heterocycles. The fraction of sp³-hybridized carbons (Fsp3) is 0.200. The topological polar surface area (TPSA) is 150 Å². The van der Waals surface area contributed by atoms with Crippen LogP contribution in [0.25, 0.3) is 0 Å². The summed E-state index contributed by atoms with van der Waals surface area (Å²) in [6.45, 7) is 0. The van der Waals surface area contributed by atoms with E-state index in [0.29, 0.717) is 0 Å². The highest BCUT2D eigenvalue weighted by Gasteiger charge is 2.18. The first-order valence-electron chi connectivity index (χ1n) is 5.46. The number of hydrogen-bond acceptors (Lipinski definition) is 6. The van der Waals surface area contributed by atoms with Crippen LogP contribution in [0.5, 0.6) is 0 Å². The largest absolute Gasteiger partial charge is 0.488 e. The van der Waals surface area contributed by atoms with Crippen molar-refractivity contribution in [3.63, 3.8) is 0 Å². The molecule has 106 valence electrons. The van der Waals surface area contributed by atoms with Crippen molar-refractivity contribution in [1.82, 2.24) is 0 Å². The Morgan fingerprint density at radius 3 is 2.40 bits per heavy atom. The Morgan fingerprint density at radius 2 is 1.90 bits per heavy atom. The highest BCUT2D eigenvalue weighted by atomic mass is 16.6. The second-order valence-corrected chi connectivity index (χ2v) is 3.89. The third-order valence-electron chi connectivity index (χ3n) is 2.30. The first-order chi connectivity index (χ1) is 9.29. The Morgan fingerprint density at radius 1 is 1.25 bits per heavy atom. The molecule has 0 fully saturated rings.